The van der Waals surface area contributed by atoms with Gasteiger partial charge in [0, 0.05) is 10.0 Å². The van der Waals surface area contributed by atoms with Crippen molar-refractivity contribution >= 4 is 58.4 Å². The number of nitrogens with one attached hydrogen (secondary N) is 1. The normalized spacial score (nSPS) is 15.1. The highest BCUT2D eigenvalue weighted by atomic mass is 35.5. The molecule has 2 aromatic carbocycles. The number of hydrogen-bond acceptors (Lipinski definition) is 5. The number of carbonyl (C=O) groups excluding carboxylic acids is 1. The molecule has 0 fully saturated rings. The molecule has 140 valence electrons. The Morgan fingerprint density at radius 1 is 1.04 bits per heavy atom. The first-order valence-corrected chi connectivity index (χ1v) is 8.29. The summed E-state index contributed by atoms with van der Waals surface area (Å²) in [5.41, 5.74) is 7.48. The zero-order valence-corrected chi connectivity index (χ0v) is 16.4. The van der Waals surface area contributed by atoms with Crippen molar-refractivity contribution in [3.8, 4) is 0 Å². The number of carbonyl (C=O) groups is 1. The number of allylic oxidation sites excluding steroid dienone is 1. The molecule has 0 radical (unpaired) electrons. The fourth-order valence-electron chi connectivity index (χ4n) is 2.57. The predicted octanol–water partition coefficient (Wildman–Crippen LogP) is 4.68. The average Bonchev–Trinajstić information content (AvgIpc) is 2.92. The van der Waals surface area contributed by atoms with Gasteiger partial charge in [-0.2, -0.15) is 0 Å². The minimum Gasteiger partial charge on any atom is -0.481 e. The van der Waals surface area contributed by atoms with Crippen LogP contribution in [-0.2, 0) is 14.3 Å². The van der Waals surface area contributed by atoms with Crippen molar-refractivity contribution in [3.63, 3.8) is 0 Å². The number of Topliss-reactive ketones (excluding diaryl/α,β-unsaturated/α-hetero) is 1. The zero-order chi connectivity index (χ0) is 18.8. The van der Waals surface area contributed by atoms with Crippen LogP contribution < -0.4 is 5.73 Å². The third kappa shape index (κ3) is 4.11. The summed E-state index contributed by atoms with van der Waals surface area (Å²) in [5.74, 6) is -0.762. The van der Waals surface area contributed by atoms with E-state index in [0.717, 1.165) is 0 Å². The number of halogens is 3. The lowest BCUT2D eigenvalue weighted by atomic mass is 9.97. The fourth-order valence-corrected chi connectivity index (χ4v) is 2.82. The van der Waals surface area contributed by atoms with Crippen molar-refractivity contribution < 1.29 is 14.3 Å². The number of ketones is 1. The van der Waals surface area contributed by atoms with E-state index in [-0.39, 0.29) is 41.1 Å². The minimum atomic E-state index is -0.434. The van der Waals surface area contributed by atoms with Crippen LogP contribution >= 0.6 is 35.6 Å². The third-order valence-corrected chi connectivity index (χ3v) is 4.32. The van der Waals surface area contributed by atoms with Gasteiger partial charge in [0.15, 0.2) is 5.76 Å². The van der Waals surface area contributed by atoms with Gasteiger partial charge in [0.2, 0.25) is 17.6 Å². The minimum absolute atomic E-state index is 0. The first-order valence-electron chi connectivity index (χ1n) is 7.53. The second-order valence-corrected chi connectivity index (χ2v) is 6.29. The molecule has 0 saturated carbocycles. The molecule has 0 aliphatic carbocycles. The second kappa shape index (κ2) is 8.48. The van der Waals surface area contributed by atoms with Gasteiger partial charge in [-0.15, -0.1) is 12.4 Å². The molecule has 3 rings (SSSR count). The molecular formula is C19H15Cl3N2O3. The van der Waals surface area contributed by atoms with Gasteiger partial charge < -0.3 is 15.2 Å². The predicted molar refractivity (Wildman–Crippen MR) is 109 cm³/mol. The lowest BCUT2D eigenvalue weighted by molar-refractivity contribution is -0.111. The Kier molecular flexibility index (Phi) is 6.54. The second-order valence-electron chi connectivity index (χ2n) is 5.42. The van der Waals surface area contributed by atoms with E-state index in [0.29, 0.717) is 21.2 Å². The molecule has 2 aromatic rings. The summed E-state index contributed by atoms with van der Waals surface area (Å²) in [4.78, 5) is 13.0. The highest BCUT2D eigenvalue weighted by Crippen LogP contribution is 2.35. The average molecular weight is 426 g/mol. The lowest BCUT2D eigenvalue weighted by Gasteiger charge is -2.11. The van der Waals surface area contributed by atoms with Gasteiger partial charge in [-0.1, -0.05) is 47.5 Å². The van der Waals surface area contributed by atoms with Crippen molar-refractivity contribution in [2.75, 3.05) is 7.11 Å². The Labute approximate surface area is 172 Å². The highest BCUT2D eigenvalue weighted by molar-refractivity contribution is 6.37. The maximum absolute atomic E-state index is 13.0. The van der Waals surface area contributed by atoms with Crippen LogP contribution in [0, 0.1) is 5.41 Å². The van der Waals surface area contributed by atoms with Crippen LogP contribution in [-0.4, -0.2) is 18.8 Å². The molecule has 1 aliphatic heterocycles. The smallest absolute Gasteiger partial charge is 0.235 e. The fraction of sp³-hybridized carbons (Fsp3) is 0.0526. The van der Waals surface area contributed by atoms with E-state index in [1.165, 1.54) is 7.11 Å². The molecule has 0 unspecified atom stereocenters. The lowest BCUT2D eigenvalue weighted by Crippen LogP contribution is -2.11. The number of benzene rings is 2. The van der Waals surface area contributed by atoms with Gasteiger partial charge in [-0.05, 0) is 35.4 Å². The summed E-state index contributed by atoms with van der Waals surface area (Å²) < 4.78 is 10.6. The maximum Gasteiger partial charge on any atom is 0.235 e. The van der Waals surface area contributed by atoms with Crippen molar-refractivity contribution in [1.29, 1.82) is 5.41 Å². The number of nitrogens with two attached hydrogens (primary N) is 1. The number of hydrogen-bond donors (Lipinski definition) is 2. The Morgan fingerprint density at radius 3 is 2.07 bits per heavy atom. The van der Waals surface area contributed by atoms with Crippen LogP contribution in [0.25, 0.3) is 11.1 Å². The summed E-state index contributed by atoms with van der Waals surface area (Å²) in [6.45, 7) is 0. The standard InChI is InChI=1S/C19H14Cl2N2O3.ClH/c1-25-18(22)15(11-4-8-13(21)9-5-11)17-16(24)14(19(23)26-17)10-2-6-12(20)7-3-10;/h2-9,22H,23H2,1H3;1H. The molecular weight excluding hydrogens is 411 g/mol. The molecule has 0 aromatic heterocycles. The quantitative estimate of drug-likeness (QED) is 0.425. The van der Waals surface area contributed by atoms with E-state index < -0.39 is 5.78 Å². The van der Waals surface area contributed by atoms with E-state index >= 15 is 0 Å². The van der Waals surface area contributed by atoms with E-state index in [4.69, 9.17) is 43.8 Å². The third-order valence-electron chi connectivity index (χ3n) is 3.82. The summed E-state index contributed by atoms with van der Waals surface area (Å²) in [6.07, 6.45) is 0. The first kappa shape index (κ1) is 20.8. The highest BCUT2D eigenvalue weighted by Gasteiger charge is 2.35. The largest absolute Gasteiger partial charge is 0.481 e. The number of methoxy groups -OCH3 is 1. The summed E-state index contributed by atoms with van der Waals surface area (Å²) in [7, 11) is 1.34. The monoisotopic (exact) mass is 424 g/mol. The van der Waals surface area contributed by atoms with E-state index in [2.05, 4.69) is 0 Å². The molecule has 8 heteroatoms. The van der Waals surface area contributed by atoms with Gasteiger partial charge in [0.25, 0.3) is 0 Å². The maximum atomic E-state index is 13.0. The van der Waals surface area contributed by atoms with E-state index in [1.807, 2.05) is 0 Å². The van der Waals surface area contributed by atoms with E-state index in [9.17, 15) is 4.79 Å². The molecule has 1 heterocycles. The number of ether oxygens (including phenoxy) is 2. The summed E-state index contributed by atoms with van der Waals surface area (Å²) in [5, 5.41) is 9.15. The van der Waals surface area contributed by atoms with Gasteiger partial charge in [0.05, 0.1) is 18.3 Å². The molecule has 0 atom stereocenters. The molecule has 3 N–H and O–H groups in total. The van der Waals surface area contributed by atoms with E-state index in [1.54, 1.807) is 48.5 Å². The molecule has 0 spiro atoms. The van der Waals surface area contributed by atoms with Gasteiger partial charge in [-0.3, -0.25) is 10.2 Å². The summed E-state index contributed by atoms with van der Waals surface area (Å²) in [6, 6.07) is 13.3. The Hall–Kier alpha value is -2.47. The van der Waals surface area contributed by atoms with Crippen LogP contribution in [0.4, 0.5) is 0 Å². The molecule has 0 amide bonds. The van der Waals surface area contributed by atoms with Gasteiger partial charge in [0.1, 0.15) is 0 Å². The Bertz CT molecular complexity index is 949. The Balaban J connectivity index is 0.00000261. The van der Waals surface area contributed by atoms with Crippen molar-refractivity contribution in [2.45, 2.75) is 0 Å². The van der Waals surface area contributed by atoms with Crippen molar-refractivity contribution in [3.05, 3.63) is 81.3 Å². The molecule has 0 saturated heterocycles. The van der Waals surface area contributed by atoms with Crippen LogP contribution in [0.1, 0.15) is 11.1 Å². The molecule has 27 heavy (non-hydrogen) atoms. The molecule has 5 nitrogen and oxygen atoms in total. The van der Waals surface area contributed by atoms with Crippen molar-refractivity contribution in [2.24, 2.45) is 5.73 Å². The topological polar surface area (TPSA) is 85.4 Å². The van der Waals surface area contributed by atoms with Gasteiger partial charge in [-0.25, -0.2) is 0 Å². The molecule has 1 aliphatic rings. The first-order chi connectivity index (χ1) is 12.4. The molecule has 0 bridgehead atoms. The Morgan fingerprint density at radius 2 is 1.56 bits per heavy atom. The van der Waals surface area contributed by atoms with Gasteiger partial charge >= 0.3 is 0 Å². The number of rotatable bonds is 3. The van der Waals surface area contributed by atoms with Crippen LogP contribution in [0.15, 0.2) is 60.2 Å². The zero-order valence-electron chi connectivity index (χ0n) is 14.1. The SMILES string of the molecule is COC(=N)C(=C1OC(N)=C(c2ccc(Cl)cc2)C1=O)c1ccc(Cl)cc1.Cl. The van der Waals surface area contributed by atoms with Crippen LogP contribution in [0.5, 0.6) is 0 Å². The summed E-state index contributed by atoms with van der Waals surface area (Å²) >= 11 is 11.8. The van der Waals surface area contributed by atoms with Crippen LogP contribution in [0.3, 0.4) is 0 Å². The van der Waals surface area contributed by atoms with Crippen molar-refractivity contribution in [1.82, 2.24) is 0 Å². The van der Waals surface area contributed by atoms with Crippen LogP contribution in [0.2, 0.25) is 10.0 Å².